The first kappa shape index (κ1) is 20.4. The average molecular weight is 386 g/mol. The summed E-state index contributed by atoms with van der Waals surface area (Å²) >= 11 is 1.45. The first-order chi connectivity index (χ1) is 13.1. The minimum Gasteiger partial charge on any atom is -0.494 e. The molecule has 0 heterocycles. The van der Waals surface area contributed by atoms with E-state index in [2.05, 4.69) is 17.2 Å². The maximum atomic E-state index is 12.4. The summed E-state index contributed by atoms with van der Waals surface area (Å²) in [5.41, 5.74) is 1.44. The van der Waals surface area contributed by atoms with E-state index < -0.39 is 0 Å². The molecule has 6 nitrogen and oxygen atoms in total. The first-order valence-corrected chi connectivity index (χ1v) is 9.35. The number of benzene rings is 2. The maximum Gasteiger partial charge on any atom is 0.255 e. The summed E-state index contributed by atoms with van der Waals surface area (Å²) < 4.78 is 10.7. The number of thioether (sulfide) groups is 1. The largest absolute Gasteiger partial charge is 0.494 e. The Morgan fingerprint density at radius 1 is 1.04 bits per heavy atom. The molecule has 0 spiro atoms. The highest BCUT2D eigenvalue weighted by Gasteiger charge is 2.16. The lowest BCUT2D eigenvalue weighted by atomic mass is 10.2. The quantitative estimate of drug-likeness (QED) is 0.506. The number of hydrogen-bond acceptors (Lipinski definition) is 5. The Morgan fingerprint density at radius 3 is 2.19 bits per heavy atom. The molecule has 0 saturated carbocycles. The van der Waals surface area contributed by atoms with Gasteiger partial charge in [-0.15, -0.1) is 18.3 Å². The van der Waals surface area contributed by atoms with Crippen LogP contribution in [-0.2, 0) is 4.79 Å². The lowest BCUT2D eigenvalue weighted by molar-refractivity contribution is -0.113. The molecule has 0 atom stereocenters. The first-order valence-electron chi connectivity index (χ1n) is 8.20. The van der Waals surface area contributed by atoms with Gasteiger partial charge in [-0.3, -0.25) is 9.59 Å². The highest BCUT2D eigenvalue weighted by atomic mass is 32.2. The third-order valence-corrected chi connectivity index (χ3v) is 4.49. The fourth-order valence-electron chi connectivity index (χ4n) is 2.30. The summed E-state index contributed by atoms with van der Waals surface area (Å²) in [6.07, 6.45) is 1.74. The summed E-state index contributed by atoms with van der Waals surface area (Å²) in [5.74, 6) is 1.38. The lowest BCUT2D eigenvalue weighted by Gasteiger charge is -2.16. The molecule has 0 radical (unpaired) electrons. The number of anilines is 2. The van der Waals surface area contributed by atoms with Crippen molar-refractivity contribution >= 4 is 35.0 Å². The molecule has 2 amide bonds. The van der Waals surface area contributed by atoms with E-state index in [1.165, 1.54) is 26.0 Å². The van der Waals surface area contributed by atoms with Crippen LogP contribution in [0.1, 0.15) is 10.4 Å². The average Bonchev–Trinajstić information content (AvgIpc) is 2.69. The molecule has 0 unspecified atom stereocenters. The third-order valence-electron chi connectivity index (χ3n) is 3.55. The van der Waals surface area contributed by atoms with Crippen molar-refractivity contribution in [3.8, 4) is 11.5 Å². The van der Waals surface area contributed by atoms with Crippen LogP contribution in [-0.4, -0.2) is 37.5 Å². The maximum absolute atomic E-state index is 12.4. The monoisotopic (exact) mass is 386 g/mol. The molecule has 7 heteroatoms. The van der Waals surface area contributed by atoms with E-state index in [0.29, 0.717) is 39.9 Å². The second kappa shape index (κ2) is 10.3. The number of carbonyl (C=O) groups is 2. The Balaban J connectivity index is 2.20. The van der Waals surface area contributed by atoms with Crippen LogP contribution in [0.15, 0.2) is 55.1 Å². The predicted octanol–water partition coefficient (Wildman–Crippen LogP) is 3.81. The zero-order valence-corrected chi connectivity index (χ0v) is 16.1. The van der Waals surface area contributed by atoms with Gasteiger partial charge in [0.2, 0.25) is 5.91 Å². The third kappa shape index (κ3) is 5.79. The van der Waals surface area contributed by atoms with Crippen LogP contribution in [0.25, 0.3) is 0 Å². The Kier molecular flexibility index (Phi) is 7.76. The summed E-state index contributed by atoms with van der Waals surface area (Å²) in [6.45, 7) is 3.62. The molecule has 27 heavy (non-hydrogen) atoms. The highest BCUT2D eigenvalue weighted by Crippen LogP contribution is 2.36. The van der Waals surface area contributed by atoms with Crippen molar-refractivity contribution in [1.82, 2.24) is 0 Å². The summed E-state index contributed by atoms with van der Waals surface area (Å²) in [5, 5.41) is 5.60. The SMILES string of the molecule is C=CCSCC(=O)Nc1cc(OC)c(NC(=O)c2ccccc2)cc1OC. The molecular formula is C20H22N2O4S. The van der Waals surface area contributed by atoms with Gasteiger partial charge in [0.15, 0.2) is 0 Å². The van der Waals surface area contributed by atoms with Crippen LogP contribution in [0.5, 0.6) is 11.5 Å². The molecule has 142 valence electrons. The van der Waals surface area contributed by atoms with E-state index in [1.54, 1.807) is 42.5 Å². The zero-order valence-electron chi connectivity index (χ0n) is 15.3. The van der Waals surface area contributed by atoms with Gasteiger partial charge in [0, 0.05) is 23.4 Å². The van der Waals surface area contributed by atoms with Gasteiger partial charge in [-0.1, -0.05) is 24.3 Å². The number of ether oxygens (including phenoxy) is 2. The van der Waals surface area contributed by atoms with Crippen LogP contribution in [0.2, 0.25) is 0 Å². The molecule has 0 bridgehead atoms. The molecule has 2 N–H and O–H groups in total. The minimum atomic E-state index is -0.270. The fourth-order valence-corrected chi connectivity index (χ4v) is 2.84. The second-order valence-corrected chi connectivity index (χ2v) is 6.46. The molecular weight excluding hydrogens is 364 g/mol. The van der Waals surface area contributed by atoms with Crippen molar-refractivity contribution < 1.29 is 19.1 Å². The van der Waals surface area contributed by atoms with Crippen LogP contribution in [0, 0.1) is 0 Å². The van der Waals surface area contributed by atoms with Crippen molar-refractivity contribution in [3.05, 3.63) is 60.7 Å². The topological polar surface area (TPSA) is 76.7 Å². The van der Waals surface area contributed by atoms with Gasteiger partial charge in [-0.05, 0) is 12.1 Å². The molecule has 0 saturated heterocycles. The van der Waals surface area contributed by atoms with Gasteiger partial charge in [0.25, 0.3) is 5.91 Å². The number of methoxy groups -OCH3 is 2. The van der Waals surface area contributed by atoms with E-state index in [9.17, 15) is 9.59 Å². The molecule has 0 aliphatic heterocycles. The number of amides is 2. The van der Waals surface area contributed by atoms with Crippen molar-refractivity contribution in [2.45, 2.75) is 0 Å². The van der Waals surface area contributed by atoms with Crippen molar-refractivity contribution in [3.63, 3.8) is 0 Å². The standard InChI is InChI=1S/C20H22N2O4S/c1-4-10-27-13-19(23)21-15-11-18(26-3)16(12-17(15)25-2)22-20(24)14-8-6-5-7-9-14/h4-9,11-12H,1,10,13H2,2-3H3,(H,21,23)(H,22,24). The lowest BCUT2D eigenvalue weighted by Crippen LogP contribution is -2.16. The summed E-state index contributed by atoms with van der Waals surface area (Å²) in [6, 6.07) is 12.1. The van der Waals surface area contributed by atoms with Crippen molar-refractivity contribution in [2.75, 3.05) is 36.4 Å². The Labute approximate surface area is 162 Å². The van der Waals surface area contributed by atoms with E-state index in [1.807, 2.05) is 6.07 Å². The minimum absolute atomic E-state index is 0.164. The van der Waals surface area contributed by atoms with Gasteiger partial charge >= 0.3 is 0 Å². The highest BCUT2D eigenvalue weighted by molar-refractivity contribution is 8.00. The number of nitrogens with one attached hydrogen (secondary N) is 2. The van der Waals surface area contributed by atoms with E-state index >= 15 is 0 Å². The number of hydrogen-bond donors (Lipinski definition) is 2. The van der Waals surface area contributed by atoms with Gasteiger partial charge in [0.05, 0.1) is 31.3 Å². The van der Waals surface area contributed by atoms with Crippen molar-refractivity contribution in [1.29, 1.82) is 0 Å². The van der Waals surface area contributed by atoms with Crippen LogP contribution < -0.4 is 20.1 Å². The van der Waals surface area contributed by atoms with Crippen LogP contribution in [0.4, 0.5) is 11.4 Å². The van der Waals surface area contributed by atoms with Gasteiger partial charge in [-0.2, -0.15) is 0 Å². The molecule has 0 aliphatic rings. The molecule has 0 aliphatic carbocycles. The van der Waals surface area contributed by atoms with Gasteiger partial charge in [-0.25, -0.2) is 0 Å². The van der Waals surface area contributed by atoms with E-state index in [0.717, 1.165) is 0 Å². The Morgan fingerprint density at radius 2 is 1.63 bits per heavy atom. The normalized spacial score (nSPS) is 10.0. The predicted molar refractivity (Wildman–Crippen MR) is 110 cm³/mol. The Bertz CT molecular complexity index is 809. The van der Waals surface area contributed by atoms with E-state index in [-0.39, 0.29) is 11.8 Å². The van der Waals surface area contributed by atoms with Crippen LogP contribution >= 0.6 is 11.8 Å². The van der Waals surface area contributed by atoms with E-state index in [4.69, 9.17) is 9.47 Å². The molecule has 2 aromatic carbocycles. The molecule has 0 aromatic heterocycles. The zero-order chi connectivity index (χ0) is 19.6. The molecule has 2 aromatic rings. The molecule has 2 rings (SSSR count). The van der Waals surface area contributed by atoms with Gasteiger partial charge in [0.1, 0.15) is 11.5 Å². The summed E-state index contributed by atoms with van der Waals surface area (Å²) in [4.78, 5) is 24.5. The number of rotatable bonds is 9. The van der Waals surface area contributed by atoms with Crippen LogP contribution in [0.3, 0.4) is 0 Å². The van der Waals surface area contributed by atoms with Crippen molar-refractivity contribution in [2.24, 2.45) is 0 Å². The summed E-state index contributed by atoms with van der Waals surface area (Å²) in [7, 11) is 2.98. The Hall–Kier alpha value is -2.93. The smallest absolute Gasteiger partial charge is 0.255 e. The molecule has 0 fully saturated rings. The second-order valence-electron chi connectivity index (χ2n) is 5.42. The fraction of sp³-hybridized carbons (Fsp3) is 0.200. The van der Waals surface area contributed by atoms with Gasteiger partial charge < -0.3 is 20.1 Å². The number of carbonyl (C=O) groups excluding carboxylic acids is 2.